The number of amides is 1. The van der Waals surface area contributed by atoms with Gasteiger partial charge in [-0.1, -0.05) is 0 Å². The molecule has 0 spiro atoms. The Morgan fingerprint density at radius 1 is 1.25 bits per heavy atom. The standard InChI is InChI=1S/C6H10F3NO2/c1-5(2,3)12-10-4(11)6(7,8)9/h1-3H3,(H,10,11). The van der Waals surface area contributed by atoms with Crippen LogP contribution in [0, 0.1) is 0 Å². The van der Waals surface area contributed by atoms with Gasteiger partial charge in [0.25, 0.3) is 0 Å². The number of carbonyl (C=O) groups is 1. The van der Waals surface area contributed by atoms with Gasteiger partial charge >= 0.3 is 12.1 Å². The van der Waals surface area contributed by atoms with E-state index in [1.807, 2.05) is 0 Å². The Bertz CT molecular complexity index is 171. The van der Waals surface area contributed by atoms with Crippen LogP contribution in [0.15, 0.2) is 0 Å². The lowest BCUT2D eigenvalue weighted by Gasteiger charge is -2.19. The minimum atomic E-state index is -4.90. The Morgan fingerprint density at radius 3 is 1.92 bits per heavy atom. The Morgan fingerprint density at radius 2 is 1.67 bits per heavy atom. The zero-order chi connectivity index (χ0) is 9.99. The molecule has 0 aromatic heterocycles. The minimum absolute atomic E-state index is 0.832. The van der Waals surface area contributed by atoms with E-state index in [2.05, 4.69) is 4.84 Å². The third-order valence-electron chi connectivity index (χ3n) is 0.707. The molecule has 0 rings (SSSR count). The van der Waals surface area contributed by atoms with Crippen LogP contribution in [0.4, 0.5) is 13.2 Å². The molecule has 0 aliphatic rings. The molecule has 0 saturated heterocycles. The van der Waals surface area contributed by atoms with Gasteiger partial charge in [0.2, 0.25) is 0 Å². The van der Waals surface area contributed by atoms with E-state index in [1.54, 1.807) is 0 Å². The maximum atomic E-state index is 11.5. The molecule has 0 saturated carbocycles. The van der Waals surface area contributed by atoms with Crippen LogP contribution in [0.5, 0.6) is 0 Å². The number of nitrogens with one attached hydrogen (secondary N) is 1. The molecule has 0 bridgehead atoms. The first-order valence-electron chi connectivity index (χ1n) is 3.18. The van der Waals surface area contributed by atoms with Gasteiger partial charge in [0.15, 0.2) is 0 Å². The summed E-state index contributed by atoms with van der Waals surface area (Å²) >= 11 is 0. The van der Waals surface area contributed by atoms with E-state index in [4.69, 9.17) is 0 Å². The van der Waals surface area contributed by atoms with Gasteiger partial charge in [0.1, 0.15) is 0 Å². The summed E-state index contributed by atoms with van der Waals surface area (Å²) in [5, 5.41) is 0. The Balaban J connectivity index is 3.90. The lowest BCUT2D eigenvalue weighted by atomic mass is 10.2. The molecule has 0 aliphatic carbocycles. The highest BCUT2D eigenvalue weighted by Crippen LogP contribution is 2.15. The summed E-state index contributed by atoms with van der Waals surface area (Å²) < 4.78 is 34.6. The van der Waals surface area contributed by atoms with Crippen molar-refractivity contribution in [3.63, 3.8) is 0 Å². The molecule has 1 amide bonds. The van der Waals surface area contributed by atoms with E-state index in [0.29, 0.717) is 0 Å². The zero-order valence-corrected chi connectivity index (χ0v) is 6.95. The van der Waals surface area contributed by atoms with Crippen LogP contribution >= 0.6 is 0 Å². The third kappa shape index (κ3) is 4.95. The van der Waals surface area contributed by atoms with Gasteiger partial charge in [-0.15, -0.1) is 0 Å². The quantitative estimate of drug-likeness (QED) is 0.627. The summed E-state index contributed by atoms with van der Waals surface area (Å²) in [7, 11) is 0. The molecule has 3 nitrogen and oxygen atoms in total. The zero-order valence-electron chi connectivity index (χ0n) is 6.95. The summed E-state index contributed by atoms with van der Waals surface area (Å²) in [5.41, 5.74) is 0.466. The van der Waals surface area contributed by atoms with Gasteiger partial charge in [-0.3, -0.25) is 9.63 Å². The largest absolute Gasteiger partial charge is 0.473 e. The number of alkyl halides is 3. The molecule has 0 fully saturated rings. The lowest BCUT2D eigenvalue weighted by molar-refractivity contribution is -0.194. The second-order valence-corrected chi connectivity index (χ2v) is 3.14. The predicted octanol–water partition coefficient (Wildman–Crippen LogP) is 1.39. The molecular weight excluding hydrogens is 175 g/mol. The van der Waals surface area contributed by atoms with Crippen molar-refractivity contribution >= 4 is 5.91 Å². The number of halogens is 3. The minimum Gasteiger partial charge on any atom is -0.268 e. The van der Waals surface area contributed by atoms with Crippen LogP contribution in [0.25, 0.3) is 0 Å². The van der Waals surface area contributed by atoms with Gasteiger partial charge in [0, 0.05) is 0 Å². The summed E-state index contributed by atoms with van der Waals surface area (Å²) in [4.78, 5) is 14.5. The summed E-state index contributed by atoms with van der Waals surface area (Å²) in [6.07, 6.45) is -4.90. The Hall–Kier alpha value is -0.780. The van der Waals surface area contributed by atoms with Crippen LogP contribution in [0.1, 0.15) is 20.8 Å². The molecule has 0 radical (unpaired) electrons. The van der Waals surface area contributed by atoms with Crippen molar-refractivity contribution in [3.8, 4) is 0 Å². The van der Waals surface area contributed by atoms with Crippen LogP contribution in [0.2, 0.25) is 0 Å². The number of hydroxylamine groups is 1. The van der Waals surface area contributed by atoms with Crippen molar-refractivity contribution < 1.29 is 22.8 Å². The van der Waals surface area contributed by atoms with Gasteiger partial charge in [-0.05, 0) is 20.8 Å². The number of hydrogen-bond acceptors (Lipinski definition) is 2. The average Bonchev–Trinajstić information content (AvgIpc) is 1.78. The van der Waals surface area contributed by atoms with Gasteiger partial charge in [-0.2, -0.15) is 13.2 Å². The molecule has 6 heteroatoms. The van der Waals surface area contributed by atoms with Crippen molar-refractivity contribution in [1.29, 1.82) is 0 Å². The molecule has 1 N–H and O–H groups in total. The van der Waals surface area contributed by atoms with Gasteiger partial charge in [-0.25, -0.2) is 5.48 Å². The summed E-state index contributed by atoms with van der Waals surface area (Å²) in [6, 6.07) is 0. The van der Waals surface area contributed by atoms with E-state index in [-0.39, 0.29) is 0 Å². The normalized spacial score (nSPS) is 12.8. The smallest absolute Gasteiger partial charge is 0.268 e. The van der Waals surface area contributed by atoms with Crippen LogP contribution in [0.3, 0.4) is 0 Å². The molecule has 72 valence electrons. The third-order valence-corrected chi connectivity index (χ3v) is 0.707. The number of carbonyl (C=O) groups excluding carboxylic acids is 1. The second-order valence-electron chi connectivity index (χ2n) is 3.14. The monoisotopic (exact) mass is 185 g/mol. The average molecular weight is 185 g/mol. The number of hydrogen-bond donors (Lipinski definition) is 1. The highest BCUT2D eigenvalue weighted by atomic mass is 19.4. The van der Waals surface area contributed by atoms with Crippen molar-refractivity contribution in [3.05, 3.63) is 0 Å². The highest BCUT2D eigenvalue weighted by Gasteiger charge is 2.39. The van der Waals surface area contributed by atoms with Crippen molar-refractivity contribution in [1.82, 2.24) is 5.48 Å². The maximum Gasteiger partial charge on any atom is 0.473 e. The number of rotatable bonds is 1. The molecule has 0 atom stereocenters. The van der Waals surface area contributed by atoms with Crippen LogP contribution in [-0.2, 0) is 9.63 Å². The van der Waals surface area contributed by atoms with Crippen molar-refractivity contribution in [2.24, 2.45) is 0 Å². The molecule has 0 aromatic carbocycles. The van der Waals surface area contributed by atoms with E-state index in [9.17, 15) is 18.0 Å². The van der Waals surface area contributed by atoms with Gasteiger partial charge < -0.3 is 0 Å². The molecule has 0 unspecified atom stereocenters. The van der Waals surface area contributed by atoms with Crippen LogP contribution < -0.4 is 5.48 Å². The first-order chi connectivity index (χ1) is 5.13. The Labute approximate surface area is 67.8 Å². The highest BCUT2D eigenvalue weighted by molar-refractivity contribution is 5.80. The van der Waals surface area contributed by atoms with E-state index < -0.39 is 17.7 Å². The van der Waals surface area contributed by atoms with Crippen molar-refractivity contribution in [2.45, 2.75) is 32.5 Å². The molecule has 0 aliphatic heterocycles. The molecule has 0 aromatic rings. The van der Waals surface area contributed by atoms with E-state index in [1.165, 1.54) is 26.3 Å². The summed E-state index contributed by atoms with van der Waals surface area (Å²) in [6.45, 7) is 4.55. The fraction of sp³-hybridized carbons (Fsp3) is 0.833. The van der Waals surface area contributed by atoms with E-state index >= 15 is 0 Å². The van der Waals surface area contributed by atoms with Gasteiger partial charge in [0.05, 0.1) is 5.60 Å². The SMILES string of the molecule is CC(C)(C)ONC(=O)C(F)(F)F. The second kappa shape index (κ2) is 3.30. The predicted molar refractivity (Wildman–Crippen MR) is 35.0 cm³/mol. The lowest BCUT2D eigenvalue weighted by Crippen LogP contribution is -2.41. The maximum absolute atomic E-state index is 11.5. The summed E-state index contributed by atoms with van der Waals surface area (Å²) in [5.74, 6) is -2.10. The Kier molecular flexibility index (Phi) is 3.09. The molecular formula is C6H10F3NO2. The fourth-order valence-electron chi connectivity index (χ4n) is 0.257. The molecule has 0 heterocycles. The van der Waals surface area contributed by atoms with Crippen molar-refractivity contribution in [2.75, 3.05) is 0 Å². The topological polar surface area (TPSA) is 38.3 Å². The first-order valence-corrected chi connectivity index (χ1v) is 3.18. The van der Waals surface area contributed by atoms with Crippen LogP contribution in [-0.4, -0.2) is 17.7 Å². The van der Waals surface area contributed by atoms with E-state index in [0.717, 1.165) is 0 Å². The fourth-order valence-corrected chi connectivity index (χ4v) is 0.257. The molecule has 12 heavy (non-hydrogen) atoms. The first kappa shape index (κ1) is 11.2.